The number of hydrogen-bond donors (Lipinski definition) is 1. The van der Waals surface area contributed by atoms with E-state index in [4.69, 9.17) is 16.7 Å². The fourth-order valence-corrected chi connectivity index (χ4v) is 1.78. The Morgan fingerprint density at radius 1 is 1.06 bits per heavy atom. The maximum absolute atomic E-state index is 10.4. The van der Waals surface area contributed by atoms with Gasteiger partial charge in [-0.2, -0.15) is 0 Å². The summed E-state index contributed by atoms with van der Waals surface area (Å²) in [5.41, 5.74) is 2.54. The number of halogens is 1. The van der Waals surface area contributed by atoms with Crippen molar-refractivity contribution in [3.63, 3.8) is 0 Å². The maximum atomic E-state index is 10.4. The number of carbonyl (C=O) groups is 1. The highest BCUT2D eigenvalue weighted by Crippen LogP contribution is 2.24. The Labute approximate surface area is 110 Å². The summed E-state index contributed by atoms with van der Waals surface area (Å²) in [6.45, 7) is 0. The number of carboxylic acid groups (broad SMARTS) is 1. The van der Waals surface area contributed by atoms with E-state index in [-0.39, 0.29) is 0 Å². The zero-order valence-corrected chi connectivity index (χ0v) is 10.1. The van der Waals surface area contributed by atoms with Crippen LogP contribution >= 0.6 is 11.6 Å². The van der Waals surface area contributed by atoms with E-state index in [9.17, 15) is 4.79 Å². The normalized spacial score (nSPS) is 9.39. The van der Waals surface area contributed by atoms with E-state index >= 15 is 0 Å². The largest absolute Gasteiger partial charge is 0.472 e. The van der Waals surface area contributed by atoms with Crippen LogP contribution in [0.1, 0.15) is 5.56 Å². The molecule has 2 aromatic rings. The molecule has 1 N–H and O–H groups in total. The topological polar surface area (TPSA) is 37.3 Å². The molecule has 0 aromatic heterocycles. The van der Waals surface area contributed by atoms with E-state index in [2.05, 4.69) is 5.92 Å². The number of carboxylic acids is 1. The van der Waals surface area contributed by atoms with Gasteiger partial charge < -0.3 is 5.11 Å². The van der Waals surface area contributed by atoms with E-state index in [1.54, 1.807) is 12.1 Å². The summed E-state index contributed by atoms with van der Waals surface area (Å²) in [7, 11) is 0. The lowest BCUT2D eigenvalue weighted by molar-refractivity contribution is -0.130. The lowest BCUT2D eigenvalue weighted by Gasteiger charge is -2.03. The third kappa shape index (κ3) is 2.91. The zero-order valence-electron chi connectivity index (χ0n) is 9.35. The van der Waals surface area contributed by atoms with Crippen molar-refractivity contribution in [1.29, 1.82) is 0 Å². The summed E-state index contributed by atoms with van der Waals surface area (Å²) < 4.78 is 0. The molecular formula is C15H9ClO2. The Morgan fingerprint density at radius 2 is 1.78 bits per heavy atom. The summed E-state index contributed by atoms with van der Waals surface area (Å²) in [5, 5.41) is 8.93. The summed E-state index contributed by atoms with van der Waals surface area (Å²) in [6.07, 6.45) is 0. The lowest BCUT2D eigenvalue weighted by atomic mass is 10.0. The Bertz CT molecular complexity index is 637. The van der Waals surface area contributed by atoms with Crippen LogP contribution in [0.15, 0.2) is 48.5 Å². The minimum absolute atomic E-state index is 0.449. The van der Waals surface area contributed by atoms with E-state index in [1.807, 2.05) is 42.3 Å². The maximum Gasteiger partial charge on any atom is 0.382 e. The van der Waals surface area contributed by atoms with Crippen molar-refractivity contribution in [2.45, 2.75) is 0 Å². The van der Waals surface area contributed by atoms with Crippen LogP contribution in [0, 0.1) is 11.8 Å². The molecule has 0 bridgehead atoms. The quantitative estimate of drug-likeness (QED) is 0.794. The highest BCUT2D eigenvalue weighted by atomic mass is 35.5. The summed E-state index contributed by atoms with van der Waals surface area (Å²) in [4.78, 5) is 10.4. The predicted octanol–water partition coefficient (Wildman–Crippen LogP) is 3.44. The van der Waals surface area contributed by atoms with E-state index in [1.165, 1.54) is 0 Å². The van der Waals surface area contributed by atoms with Gasteiger partial charge in [0.25, 0.3) is 0 Å². The lowest BCUT2D eigenvalue weighted by Crippen LogP contribution is -1.88. The molecule has 2 rings (SSSR count). The molecule has 2 aromatic carbocycles. The molecule has 0 amide bonds. The molecule has 2 nitrogen and oxygen atoms in total. The average Bonchev–Trinajstić information content (AvgIpc) is 2.38. The number of rotatable bonds is 1. The van der Waals surface area contributed by atoms with Crippen LogP contribution in [-0.4, -0.2) is 11.1 Å². The van der Waals surface area contributed by atoms with Crippen molar-refractivity contribution < 1.29 is 9.90 Å². The van der Waals surface area contributed by atoms with Crippen LogP contribution in [0.5, 0.6) is 0 Å². The van der Waals surface area contributed by atoms with Crippen molar-refractivity contribution >= 4 is 17.6 Å². The van der Waals surface area contributed by atoms with Gasteiger partial charge in [0.05, 0.1) is 5.02 Å². The van der Waals surface area contributed by atoms with E-state index < -0.39 is 5.97 Å². The fourth-order valence-electron chi connectivity index (χ4n) is 1.55. The van der Waals surface area contributed by atoms with Crippen molar-refractivity contribution in [3.05, 3.63) is 59.1 Å². The first kappa shape index (κ1) is 12.2. The highest BCUT2D eigenvalue weighted by molar-refractivity contribution is 6.32. The van der Waals surface area contributed by atoms with Gasteiger partial charge >= 0.3 is 5.97 Å². The molecule has 0 atom stereocenters. The molecule has 18 heavy (non-hydrogen) atoms. The molecule has 0 heterocycles. The zero-order chi connectivity index (χ0) is 13.0. The van der Waals surface area contributed by atoms with Crippen LogP contribution in [0.2, 0.25) is 5.02 Å². The van der Waals surface area contributed by atoms with Crippen LogP contribution in [0.3, 0.4) is 0 Å². The third-order valence-corrected chi connectivity index (χ3v) is 2.69. The summed E-state index contributed by atoms with van der Waals surface area (Å²) in [5.74, 6) is 3.39. The molecule has 0 aliphatic heterocycles. The molecule has 0 radical (unpaired) electrons. The number of hydrogen-bond acceptors (Lipinski definition) is 1. The Hall–Kier alpha value is -2.24. The average molecular weight is 257 g/mol. The first-order chi connectivity index (χ1) is 8.66. The minimum Gasteiger partial charge on any atom is -0.472 e. The van der Waals surface area contributed by atoms with Gasteiger partial charge in [0.2, 0.25) is 0 Å². The molecular weight excluding hydrogens is 248 g/mol. The highest BCUT2D eigenvalue weighted by Gasteiger charge is 2.01. The molecule has 0 spiro atoms. The Balaban J connectivity index is 2.38. The predicted molar refractivity (Wildman–Crippen MR) is 71.4 cm³/mol. The van der Waals surface area contributed by atoms with Gasteiger partial charge in [-0.25, -0.2) is 4.79 Å². The van der Waals surface area contributed by atoms with Crippen molar-refractivity contribution in [1.82, 2.24) is 0 Å². The van der Waals surface area contributed by atoms with Crippen LogP contribution in [0.25, 0.3) is 11.1 Å². The van der Waals surface area contributed by atoms with E-state index in [0.29, 0.717) is 10.6 Å². The molecule has 3 heteroatoms. The van der Waals surface area contributed by atoms with Gasteiger partial charge in [0.1, 0.15) is 0 Å². The van der Waals surface area contributed by atoms with Crippen molar-refractivity contribution in [3.8, 4) is 23.0 Å². The number of benzene rings is 2. The molecule has 88 valence electrons. The van der Waals surface area contributed by atoms with Gasteiger partial charge in [0, 0.05) is 11.5 Å². The second kappa shape index (κ2) is 5.39. The molecule has 0 aliphatic rings. The second-order valence-electron chi connectivity index (χ2n) is 3.62. The number of aliphatic carboxylic acids is 1. The Morgan fingerprint density at radius 3 is 2.39 bits per heavy atom. The fraction of sp³-hybridized carbons (Fsp3) is 0. The summed E-state index contributed by atoms with van der Waals surface area (Å²) in [6, 6.07) is 15.2. The standard InChI is InChI=1S/C15H9ClO2/c16-14-10-13(11-4-2-1-3-5-11)7-6-12(14)8-9-15(17)18/h1-7,10H,(H,17,18). The third-order valence-electron chi connectivity index (χ3n) is 2.38. The van der Waals surface area contributed by atoms with Crippen LogP contribution in [-0.2, 0) is 4.79 Å². The SMILES string of the molecule is O=C(O)C#Cc1ccc(-c2ccccc2)cc1Cl. The van der Waals surface area contributed by atoms with E-state index in [0.717, 1.165) is 11.1 Å². The molecule has 0 unspecified atom stereocenters. The Kier molecular flexibility index (Phi) is 3.66. The molecule has 0 saturated heterocycles. The minimum atomic E-state index is -1.17. The van der Waals surface area contributed by atoms with Gasteiger partial charge in [-0.1, -0.05) is 53.9 Å². The molecule has 0 fully saturated rings. The second-order valence-corrected chi connectivity index (χ2v) is 4.02. The van der Waals surface area contributed by atoms with Crippen LogP contribution < -0.4 is 0 Å². The van der Waals surface area contributed by atoms with Gasteiger partial charge in [-0.05, 0) is 23.3 Å². The van der Waals surface area contributed by atoms with Gasteiger partial charge in [-0.15, -0.1) is 0 Å². The van der Waals surface area contributed by atoms with Crippen molar-refractivity contribution in [2.75, 3.05) is 0 Å². The first-order valence-corrected chi connectivity index (χ1v) is 5.64. The monoisotopic (exact) mass is 256 g/mol. The molecule has 0 aliphatic carbocycles. The smallest absolute Gasteiger partial charge is 0.382 e. The van der Waals surface area contributed by atoms with Crippen molar-refractivity contribution in [2.24, 2.45) is 0 Å². The van der Waals surface area contributed by atoms with Gasteiger partial charge in [-0.3, -0.25) is 0 Å². The first-order valence-electron chi connectivity index (χ1n) is 5.27. The molecule has 0 saturated carbocycles. The van der Waals surface area contributed by atoms with Crippen LogP contribution in [0.4, 0.5) is 0 Å². The van der Waals surface area contributed by atoms with Gasteiger partial charge in [0.15, 0.2) is 0 Å². The summed E-state index contributed by atoms with van der Waals surface area (Å²) >= 11 is 6.07.